The normalized spacial score (nSPS) is 12.8. The van der Waals surface area contributed by atoms with Crippen LogP contribution in [0.2, 0.25) is 5.15 Å². The van der Waals surface area contributed by atoms with E-state index in [0.29, 0.717) is 13.0 Å². The van der Waals surface area contributed by atoms with Gasteiger partial charge in [0.2, 0.25) is 5.43 Å². The average Bonchev–Trinajstić information content (AvgIpc) is 2.61. The summed E-state index contributed by atoms with van der Waals surface area (Å²) in [5, 5.41) is 1.43. The highest BCUT2D eigenvalue weighted by Gasteiger charge is 2.37. The summed E-state index contributed by atoms with van der Waals surface area (Å²) in [7, 11) is 0. The van der Waals surface area contributed by atoms with Crippen LogP contribution < -0.4 is 10.7 Å². The zero-order chi connectivity index (χ0) is 21.5. The van der Waals surface area contributed by atoms with Gasteiger partial charge in [-0.1, -0.05) is 11.6 Å². The van der Waals surface area contributed by atoms with Crippen molar-refractivity contribution in [1.82, 2.24) is 14.9 Å². The van der Waals surface area contributed by atoms with Gasteiger partial charge in [-0.2, -0.15) is 13.2 Å². The maximum atomic E-state index is 14.3. The van der Waals surface area contributed by atoms with E-state index in [2.05, 4.69) is 4.98 Å². The fourth-order valence-corrected chi connectivity index (χ4v) is 2.70. The molecule has 0 spiro atoms. The Balaban J connectivity index is 2.25. The maximum absolute atomic E-state index is 14.3. The molecule has 1 atom stereocenters. The summed E-state index contributed by atoms with van der Waals surface area (Å²) in [6, 6.07) is 2.72. The van der Waals surface area contributed by atoms with Crippen LogP contribution in [0.3, 0.4) is 0 Å². The van der Waals surface area contributed by atoms with Crippen molar-refractivity contribution in [3.63, 3.8) is 0 Å². The molecule has 0 fully saturated rings. The van der Waals surface area contributed by atoms with E-state index in [4.69, 9.17) is 11.6 Å². The van der Waals surface area contributed by atoms with E-state index in [-0.39, 0.29) is 21.9 Å². The molecule has 0 saturated heterocycles. The topological polar surface area (TPSA) is 64.0 Å². The first-order chi connectivity index (χ1) is 13.5. The molecule has 2 heterocycles. The lowest BCUT2D eigenvalue weighted by atomic mass is 10.1. The maximum Gasteiger partial charge on any atom is 0.408 e. The smallest absolute Gasteiger partial charge is 0.340 e. The second-order valence-electron chi connectivity index (χ2n) is 6.08. The second kappa shape index (κ2) is 7.43. The van der Waals surface area contributed by atoms with Crippen LogP contribution in [0.4, 0.5) is 22.0 Å². The predicted octanol–water partition coefficient (Wildman–Crippen LogP) is 4.00. The molecule has 0 saturated carbocycles. The van der Waals surface area contributed by atoms with E-state index in [0.717, 1.165) is 22.9 Å². The summed E-state index contributed by atoms with van der Waals surface area (Å²) in [5.41, 5.74) is -2.05. The van der Waals surface area contributed by atoms with Gasteiger partial charge in [0.25, 0.3) is 5.91 Å². The number of carbonyl (C=O) groups excluding carboxylic acids is 1. The summed E-state index contributed by atoms with van der Waals surface area (Å²) in [6.07, 6.45) is -3.90. The highest BCUT2D eigenvalue weighted by molar-refractivity contribution is 6.29. The van der Waals surface area contributed by atoms with Crippen molar-refractivity contribution in [3.8, 4) is 5.69 Å². The van der Waals surface area contributed by atoms with Crippen molar-refractivity contribution in [2.45, 2.75) is 19.1 Å². The molecule has 29 heavy (non-hydrogen) atoms. The summed E-state index contributed by atoms with van der Waals surface area (Å²) in [4.78, 5) is 28.9. The molecule has 1 amide bonds. The molecular formula is C18H11ClF5N3O2. The second-order valence-corrected chi connectivity index (χ2v) is 6.47. The summed E-state index contributed by atoms with van der Waals surface area (Å²) in [6.45, 7) is 0.707. The SMILES string of the molecule is CC(NC(=O)c1cn(-c2ccc(F)cc2F)c2nc(Cl)ccc2c1=O)C(F)(F)F. The van der Waals surface area contributed by atoms with Crippen molar-refractivity contribution in [2.24, 2.45) is 0 Å². The van der Waals surface area contributed by atoms with Gasteiger partial charge in [0, 0.05) is 12.3 Å². The molecular weight excluding hydrogens is 421 g/mol. The monoisotopic (exact) mass is 431 g/mol. The number of alkyl halides is 3. The number of benzene rings is 1. The standard InChI is InChI=1S/C18H11ClF5N3O2/c1-8(18(22,23)24)25-17(29)11-7-27(13-4-2-9(20)6-12(13)21)16-10(15(11)28)3-5-14(19)26-16/h2-8H,1H3,(H,25,29). The minimum Gasteiger partial charge on any atom is -0.340 e. The Morgan fingerprint density at radius 2 is 1.90 bits per heavy atom. The van der Waals surface area contributed by atoms with E-state index in [9.17, 15) is 31.5 Å². The molecule has 3 aromatic rings. The molecule has 3 rings (SSSR count). The van der Waals surface area contributed by atoms with E-state index in [1.807, 2.05) is 0 Å². The zero-order valence-corrected chi connectivity index (χ0v) is 15.3. The van der Waals surface area contributed by atoms with E-state index in [1.165, 1.54) is 12.1 Å². The molecule has 0 bridgehead atoms. The van der Waals surface area contributed by atoms with Gasteiger partial charge in [-0.3, -0.25) is 14.2 Å². The van der Waals surface area contributed by atoms with Gasteiger partial charge >= 0.3 is 6.18 Å². The Morgan fingerprint density at radius 1 is 1.21 bits per heavy atom. The van der Waals surface area contributed by atoms with E-state index in [1.54, 1.807) is 5.32 Å². The van der Waals surface area contributed by atoms with Gasteiger partial charge in [0.15, 0.2) is 0 Å². The first-order valence-electron chi connectivity index (χ1n) is 8.04. The van der Waals surface area contributed by atoms with Crippen LogP contribution in [0.15, 0.2) is 41.3 Å². The Morgan fingerprint density at radius 3 is 2.52 bits per heavy atom. The Labute approximate surface area is 164 Å². The van der Waals surface area contributed by atoms with Crippen molar-refractivity contribution >= 4 is 28.5 Å². The number of hydrogen-bond donors (Lipinski definition) is 1. The lowest BCUT2D eigenvalue weighted by Crippen LogP contribution is -2.44. The van der Waals surface area contributed by atoms with Gasteiger partial charge < -0.3 is 5.32 Å². The van der Waals surface area contributed by atoms with Crippen LogP contribution in [0.25, 0.3) is 16.7 Å². The van der Waals surface area contributed by atoms with Crippen molar-refractivity contribution in [1.29, 1.82) is 0 Å². The molecule has 0 radical (unpaired) electrons. The fourth-order valence-electron chi connectivity index (χ4n) is 2.56. The molecule has 0 aliphatic rings. The Hall–Kier alpha value is -3.01. The van der Waals surface area contributed by atoms with Crippen molar-refractivity contribution < 1.29 is 26.7 Å². The van der Waals surface area contributed by atoms with E-state index < -0.39 is 40.8 Å². The van der Waals surface area contributed by atoms with E-state index >= 15 is 0 Å². The third kappa shape index (κ3) is 4.07. The van der Waals surface area contributed by atoms with Crippen molar-refractivity contribution in [3.05, 3.63) is 69.1 Å². The van der Waals surface area contributed by atoms with Crippen LogP contribution in [-0.4, -0.2) is 27.7 Å². The minimum atomic E-state index is -4.73. The number of fused-ring (bicyclic) bond motifs is 1. The third-order valence-corrected chi connectivity index (χ3v) is 4.28. The molecule has 0 aliphatic carbocycles. The van der Waals surface area contributed by atoms with Crippen molar-refractivity contribution in [2.75, 3.05) is 0 Å². The summed E-state index contributed by atoms with van der Waals surface area (Å²) >= 11 is 5.83. The molecule has 1 aromatic carbocycles. The van der Waals surface area contributed by atoms with Crippen LogP contribution in [-0.2, 0) is 0 Å². The number of aromatic nitrogens is 2. The average molecular weight is 432 g/mol. The number of carbonyl (C=O) groups is 1. The van der Waals surface area contributed by atoms with Gasteiger partial charge in [-0.15, -0.1) is 0 Å². The lowest BCUT2D eigenvalue weighted by Gasteiger charge is -2.18. The number of hydrogen-bond acceptors (Lipinski definition) is 3. The van der Waals surface area contributed by atoms with Crippen LogP contribution in [0.5, 0.6) is 0 Å². The minimum absolute atomic E-state index is 0.0592. The fraction of sp³-hybridized carbons (Fsp3) is 0.167. The molecule has 1 unspecified atom stereocenters. The molecule has 11 heteroatoms. The molecule has 152 valence electrons. The number of rotatable bonds is 3. The van der Waals surface area contributed by atoms with Crippen LogP contribution in [0, 0.1) is 11.6 Å². The third-order valence-electron chi connectivity index (χ3n) is 4.07. The summed E-state index contributed by atoms with van der Waals surface area (Å²) in [5.74, 6) is -3.24. The summed E-state index contributed by atoms with van der Waals surface area (Å²) < 4.78 is 66.8. The molecule has 1 N–H and O–H groups in total. The molecule has 5 nitrogen and oxygen atoms in total. The van der Waals surface area contributed by atoms with Crippen LogP contribution >= 0.6 is 11.6 Å². The number of amides is 1. The lowest BCUT2D eigenvalue weighted by molar-refractivity contribution is -0.149. The number of nitrogens with one attached hydrogen (secondary N) is 1. The van der Waals surface area contributed by atoms with Gasteiger partial charge in [0.1, 0.15) is 34.0 Å². The number of halogens is 6. The van der Waals surface area contributed by atoms with Crippen LogP contribution in [0.1, 0.15) is 17.3 Å². The van der Waals surface area contributed by atoms with Gasteiger partial charge in [0.05, 0.1) is 11.1 Å². The first-order valence-corrected chi connectivity index (χ1v) is 8.41. The Kier molecular flexibility index (Phi) is 5.31. The number of pyridine rings is 2. The van der Waals surface area contributed by atoms with Gasteiger partial charge in [-0.05, 0) is 31.2 Å². The highest BCUT2D eigenvalue weighted by Crippen LogP contribution is 2.22. The zero-order valence-electron chi connectivity index (χ0n) is 14.5. The first kappa shape index (κ1) is 20.7. The Bertz CT molecular complexity index is 1180. The number of nitrogens with zero attached hydrogens (tertiary/aromatic N) is 2. The largest absolute Gasteiger partial charge is 0.408 e. The predicted molar refractivity (Wildman–Crippen MR) is 95.2 cm³/mol. The van der Waals surface area contributed by atoms with Gasteiger partial charge in [-0.25, -0.2) is 13.8 Å². The quantitative estimate of drug-likeness (QED) is 0.503. The highest BCUT2D eigenvalue weighted by atomic mass is 35.5. The molecule has 2 aromatic heterocycles. The molecule has 0 aliphatic heterocycles.